The predicted molar refractivity (Wildman–Crippen MR) is 70.6 cm³/mol. The van der Waals surface area contributed by atoms with Crippen LogP contribution in [0.2, 0.25) is 0 Å². The molecule has 1 aromatic rings. The van der Waals surface area contributed by atoms with Crippen molar-refractivity contribution in [3.63, 3.8) is 0 Å². The number of carboxylic acids is 1. The van der Waals surface area contributed by atoms with E-state index in [1.807, 2.05) is 0 Å². The number of anilines is 1. The number of aliphatic carboxylic acids is 1. The Balaban J connectivity index is 2.10. The van der Waals surface area contributed by atoms with E-state index in [0.29, 0.717) is 11.1 Å². The van der Waals surface area contributed by atoms with E-state index in [4.69, 9.17) is 5.11 Å². The molecule has 0 aliphatic heterocycles. The summed E-state index contributed by atoms with van der Waals surface area (Å²) in [6, 6.07) is 0.152. The summed E-state index contributed by atoms with van der Waals surface area (Å²) in [5, 5.41) is 17.0. The van der Waals surface area contributed by atoms with Gasteiger partial charge in [0.05, 0.1) is 12.2 Å². The topological polar surface area (TPSA) is 71.2 Å². The molecule has 1 fully saturated rings. The Morgan fingerprint density at radius 3 is 2.67 bits per heavy atom. The minimum atomic E-state index is -4.22. The first-order valence-electron chi connectivity index (χ1n) is 6.35. The Bertz CT molecular complexity index is 516. The van der Waals surface area contributed by atoms with Crippen LogP contribution in [0.5, 0.6) is 0 Å². The summed E-state index contributed by atoms with van der Waals surface area (Å²) in [5.74, 6) is -0.774. The fourth-order valence-corrected chi connectivity index (χ4v) is 2.52. The summed E-state index contributed by atoms with van der Waals surface area (Å²) < 4.78 is 38.6. The van der Waals surface area contributed by atoms with E-state index in [2.05, 4.69) is 10.2 Å². The highest BCUT2D eigenvalue weighted by molar-refractivity contribution is 7.99. The number of carbonyl (C=O) groups is 1. The number of carboxylic acid groups (broad SMARTS) is 1. The second-order valence-corrected chi connectivity index (χ2v) is 5.80. The summed E-state index contributed by atoms with van der Waals surface area (Å²) in [6.07, 6.45) is -3.35. The molecule has 10 heteroatoms. The molecule has 0 saturated heterocycles. The molecule has 1 aliphatic carbocycles. The standard InChI is InChI=1S/C11H15F3N4O2S/c1-17(5-4-11(12,13)14)9-15-16-10(21-6-8(19)20)18(9)7-2-3-7/h7H,2-6H2,1H3,(H,19,20). The molecule has 1 N–H and O–H groups in total. The highest BCUT2D eigenvalue weighted by atomic mass is 32.2. The minimum Gasteiger partial charge on any atom is -0.481 e. The summed E-state index contributed by atoms with van der Waals surface area (Å²) in [5.41, 5.74) is 0. The maximum Gasteiger partial charge on any atom is 0.390 e. The number of aromatic nitrogens is 3. The van der Waals surface area contributed by atoms with E-state index < -0.39 is 18.6 Å². The van der Waals surface area contributed by atoms with Crippen LogP contribution < -0.4 is 4.90 Å². The van der Waals surface area contributed by atoms with Crippen molar-refractivity contribution in [3.8, 4) is 0 Å². The van der Waals surface area contributed by atoms with Gasteiger partial charge in [-0.1, -0.05) is 11.8 Å². The lowest BCUT2D eigenvalue weighted by Gasteiger charge is -2.20. The third-order valence-electron chi connectivity index (χ3n) is 2.96. The van der Waals surface area contributed by atoms with Crippen molar-refractivity contribution in [1.29, 1.82) is 0 Å². The molecule has 0 amide bonds. The second-order valence-electron chi connectivity index (χ2n) is 4.85. The van der Waals surface area contributed by atoms with Crippen LogP contribution in [0.15, 0.2) is 5.16 Å². The first-order chi connectivity index (χ1) is 9.78. The smallest absolute Gasteiger partial charge is 0.390 e. The molecule has 118 valence electrons. The normalized spacial score (nSPS) is 15.2. The average molecular weight is 324 g/mol. The number of nitrogens with zero attached hydrogens (tertiary/aromatic N) is 4. The van der Waals surface area contributed by atoms with Gasteiger partial charge < -0.3 is 10.0 Å². The highest BCUT2D eigenvalue weighted by Crippen LogP contribution is 2.40. The van der Waals surface area contributed by atoms with Gasteiger partial charge in [0.1, 0.15) is 0 Å². The summed E-state index contributed by atoms with van der Waals surface area (Å²) in [4.78, 5) is 12.0. The van der Waals surface area contributed by atoms with Gasteiger partial charge in [-0.2, -0.15) is 13.2 Å². The summed E-state index contributed by atoms with van der Waals surface area (Å²) in [7, 11) is 1.53. The van der Waals surface area contributed by atoms with Gasteiger partial charge in [0.2, 0.25) is 5.95 Å². The number of hydrogen-bond donors (Lipinski definition) is 1. The lowest BCUT2D eigenvalue weighted by atomic mass is 10.4. The average Bonchev–Trinajstić information content (AvgIpc) is 3.12. The molecule has 0 unspecified atom stereocenters. The van der Waals surface area contributed by atoms with Crippen molar-refractivity contribution in [2.45, 2.75) is 36.6 Å². The lowest BCUT2D eigenvalue weighted by molar-refractivity contribution is -0.134. The van der Waals surface area contributed by atoms with Crippen LogP contribution in [-0.2, 0) is 4.79 Å². The molecule has 1 aliphatic rings. The van der Waals surface area contributed by atoms with E-state index >= 15 is 0 Å². The Labute approximate surface area is 123 Å². The van der Waals surface area contributed by atoms with Crippen molar-refractivity contribution < 1.29 is 23.1 Å². The number of alkyl halides is 3. The number of thioether (sulfide) groups is 1. The molecule has 0 aromatic carbocycles. The number of rotatable bonds is 7. The Hall–Kier alpha value is -1.45. The fraction of sp³-hybridized carbons (Fsp3) is 0.727. The monoisotopic (exact) mass is 324 g/mol. The van der Waals surface area contributed by atoms with Crippen LogP contribution in [0.3, 0.4) is 0 Å². The minimum absolute atomic E-state index is 0.152. The molecule has 6 nitrogen and oxygen atoms in total. The van der Waals surface area contributed by atoms with Crippen LogP contribution in [0.25, 0.3) is 0 Å². The second kappa shape index (κ2) is 6.12. The van der Waals surface area contributed by atoms with Crippen molar-refractivity contribution in [1.82, 2.24) is 14.8 Å². The summed E-state index contributed by atoms with van der Waals surface area (Å²) >= 11 is 1.03. The third-order valence-corrected chi connectivity index (χ3v) is 3.88. The molecule has 1 heterocycles. The first kappa shape index (κ1) is 15.9. The lowest BCUT2D eigenvalue weighted by Crippen LogP contribution is -2.26. The zero-order chi connectivity index (χ0) is 15.6. The zero-order valence-electron chi connectivity index (χ0n) is 11.3. The first-order valence-corrected chi connectivity index (χ1v) is 7.34. The van der Waals surface area contributed by atoms with E-state index in [9.17, 15) is 18.0 Å². The van der Waals surface area contributed by atoms with Crippen LogP contribution in [0, 0.1) is 0 Å². The van der Waals surface area contributed by atoms with Gasteiger partial charge >= 0.3 is 12.1 Å². The molecule has 0 bridgehead atoms. The molecule has 0 radical (unpaired) electrons. The van der Waals surface area contributed by atoms with Gasteiger partial charge in [0.25, 0.3) is 0 Å². The van der Waals surface area contributed by atoms with E-state index in [1.54, 1.807) is 4.57 Å². The molecule has 0 atom stereocenters. The predicted octanol–water partition coefficient (Wildman–Crippen LogP) is 2.18. The molecule has 1 aromatic heterocycles. The van der Waals surface area contributed by atoms with Crippen molar-refractivity contribution in [3.05, 3.63) is 0 Å². The Kier molecular flexibility index (Phi) is 4.64. The van der Waals surface area contributed by atoms with Crippen molar-refractivity contribution in [2.75, 3.05) is 24.2 Å². The SMILES string of the molecule is CN(CCC(F)(F)F)c1nnc(SCC(=O)O)n1C1CC1. The van der Waals surface area contributed by atoms with E-state index in [1.165, 1.54) is 11.9 Å². The van der Waals surface area contributed by atoms with Gasteiger partial charge in [-0.25, -0.2) is 0 Å². The van der Waals surface area contributed by atoms with Gasteiger partial charge in [0.15, 0.2) is 5.16 Å². The molecular formula is C11H15F3N4O2S. The maximum atomic E-state index is 12.3. The summed E-state index contributed by atoms with van der Waals surface area (Å²) in [6.45, 7) is -0.210. The van der Waals surface area contributed by atoms with E-state index in [-0.39, 0.29) is 18.3 Å². The highest BCUT2D eigenvalue weighted by Gasteiger charge is 2.32. The van der Waals surface area contributed by atoms with Gasteiger partial charge in [0, 0.05) is 19.6 Å². The van der Waals surface area contributed by atoms with E-state index in [0.717, 1.165) is 24.6 Å². The molecular weight excluding hydrogens is 309 g/mol. The number of hydrogen-bond acceptors (Lipinski definition) is 5. The van der Waals surface area contributed by atoms with Crippen molar-refractivity contribution in [2.24, 2.45) is 0 Å². The Morgan fingerprint density at radius 2 is 2.14 bits per heavy atom. The quantitative estimate of drug-likeness (QED) is 0.775. The van der Waals surface area contributed by atoms with Gasteiger partial charge in [-0.05, 0) is 12.8 Å². The molecule has 0 spiro atoms. The largest absolute Gasteiger partial charge is 0.481 e. The van der Waals surface area contributed by atoms with Gasteiger partial charge in [-0.15, -0.1) is 10.2 Å². The zero-order valence-corrected chi connectivity index (χ0v) is 12.1. The van der Waals surface area contributed by atoms with Gasteiger partial charge in [-0.3, -0.25) is 9.36 Å². The maximum absolute atomic E-state index is 12.3. The molecule has 21 heavy (non-hydrogen) atoms. The number of halogens is 3. The van der Waals surface area contributed by atoms with Crippen LogP contribution in [-0.4, -0.2) is 51.4 Å². The van der Waals surface area contributed by atoms with Crippen LogP contribution in [0.4, 0.5) is 19.1 Å². The van der Waals surface area contributed by atoms with Crippen molar-refractivity contribution >= 4 is 23.7 Å². The third kappa shape index (κ3) is 4.51. The Morgan fingerprint density at radius 1 is 1.48 bits per heavy atom. The fourth-order valence-electron chi connectivity index (χ4n) is 1.80. The molecule has 2 rings (SSSR count). The molecule has 1 saturated carbocycles. The van der Waals surface area contributed by atoms with Crippen LogP contribution in [0.1, 0.15) is 25.3 Å². The van der Waals surface area contributed by atoms with Crippen LogP contribution >= 0.6 is 11.8 Å².